The van der Waals surface area contributed by atoms with Gasteiger partial charge >= 0.3 is 0 Å². The fourth-order valence-corrected chi connectivity index (χ4v) is 3.39. The number of hydrogen-bond acceptors (Lipinski definition) is 6. The highest BCUT2D eigenvalue weighted by Gasteiger charge is 2.25. The molecule has 0 saturated carbocycles. The van der Waals surface area contributed by atoms with Crippen LogP contribution in [-0.2, 0) is 0 Å². The second-order valence-corrected chi connectivity index (χ2v) is 7.12. The molecule has 0 bridgehead atoms. The highest BCUT2D eigenvalue weighted by molar-refractivity contribution is 6.04. The molecule has 1 atom stereocenters. The molecule has 7 heteroatoms. The van der Waals surface area contributed by atoms with Gasteiger partial charge in [0.05, 0.1) is 7.11 Å². The highest BCUT2D eigenvalue weighted by atomic mass is 16.5. The van der Waals surface area contributed by atoms with Gasteiger partial charge in [0.2, 0.25) is 11.9 Å². The van der Waals surface area contributed by atoms with Crippen molar-refractivity contribution >= 4 is 17.6 Å². The van der Waals surface area contributed by atoms with Gasteiger partial charge in [0.15, 0.2) is 6.17 Å². The summed E-state index contributed by atoms with van der Waals surface area (Å²) in [7, 11) is 1.62. The molecule has 2 N–H and O–H groups in total. The quantitative estimate of drug-likeness (QED) is 0.715. The molecule has 0 radical (unpaired) electrons. The molecule has 0 aliphatic carbocycles. The minimum absolute atomic E-state index is 0.157. The molecule has 2 heterocycles. The number of methoxy groups -OCH3 is 1. The summed E-state index contributed by atoms with van der Waals surface area (Å²) < 4.78 is 6.80. The third kappa shape index (κ3) is 3.71. The van der Waals surface area contributed by atoms with Crippen LogP contribution < -0.4 is 20.9 Å². The average Bonchev–Trinajstić information content (AvgIpc) is 2.69. The summed E-state index contributed by atoms with van der Waals surface area (Å²) >= 11 is 0. The molecular weight excluding hydrogens is 366 g/mol. The Bertz CT molecular complexity index is 1150. The van der Waals surface area contributed by atoms with Crippen molar-refractivity contribution in [2.75, 3.05) is 17.7 Å². The van der Waals surface area contributed by atoms with Gasteiger partial charge in [0.1, 0.15) is 5.75 Å². The Morgan fingerprint density at radius 2 is 1.83 bits per heavy atom. The summed E-state index contributed by atoms with van der Waals surface area (Å²) in [5.74, 6) is 1.74. The maximum Gasteiger partial charge on any atom is 0.257 e. The molecule has 4 rings (SSSR count). The lowest BCUT2D eigenvalue weighted by Crippen LogP contribution is -2.37. The fourth-order valence-electron chi connectivity index (χ4n) is 3.39. The third-order valence-electron chi connectivity index (χ3n) is 4.86. The fraction of sp³-hybridized carbons (Fsp3) is 0.227. The first kappa shape index (κ1) is 18.7. The lowest BCUT2D eigenvalue weighted by molar-refractivity contribution is 0.414. The van der Waals surface area contributed by atoms with Crippen LogP contribution in [-0.4, -0.2) is 22.6 Å². The molecule has 1 aromatic heterocycles. The Labute approximate surface area is 169 Å². The molecule has 7 nitrogen and oxygen atoms in total. The normalized spacial score (nSPS) is 15.2. The Kier molecular flexibility index (Phi) is 4.80. The molecule has 148 valence electrons. The van der Waals surface area contributed by atoms with E-state index in [1.54, 1.807) is 18.6 Å². The van der Waals surface area contributed by atoms with E-state index in [1.165, 1.54) is 11.6 Å². The predicted molar refractivity (Wildman–Crippen MR) is 115 cm³/mol. The van der Waals surface area contributed by atoms with E-state index in [0.29, 0.717) is 17.6 Å². The van der Waals surface area contributed by atoms with Gasteiger partial charge in [0.25, 0.3) is 5.56 Å². The lowest BCUT2D eigenvalue weighted by Gasteiger charge is -2.27. The smallest absolute Gasteiger partial charge is 0.257 e. The maximum atomic E-state index is 12.7. The van der Waals surface area contributed by atoms with Crippen molar-refractivity contribution in [1.29, 1.82) is 0 Å². The Morgan fingerprint density at radius 1 is 1.07 bits per heavy atom. The van der Waals surface area contributed by atoms with Gasteiger partial charge in [-0.3, -0.25) is 14.7 Å². The molecule has 0 fully saturated rings. The van der Waals surface area contributed by atoms with Gasteiger partial charge in [-0.05, 0) is 50.1 Å². The highest BCUT2D eigenvalue weighted by Crippen LogP contribution is 2.27. The number of ether oxygens (including phenoxy) is 1. The Balaban J connectivity index is 1.78. The predicted octanol–water partition coefficient (Wildman–Crippen LogP) is 3.62. The van der Waals surface area contributed by atoms with E-state index in [2.05, 4.69) is 28.6 Å². The number of nitrogens with one attached hydrogen (secondary N) is 2. The van der Waals surface area contributed by atoms with Crippen LogP contribution in [0, 0.1) is 20.8 Å². The molecule has 0 saturated heterocycles. The summed E-state index contributed by atoms with van der Waals surface area (Å²) in [4.78, 5) is 22.0. The summed E-state index contributed by atoms with van der Waals surface area (Å²) in [6.07, 6.45) is -0.536. The number of fused-ring (bicyclic) bond motifs is 1. The number of rotatable bonds is 3. The van der Waals surface area contributed by atoms with E-state index in [-0.39, 0.29) is 5.56 Å². The van der Waals surface area contributed by atoms with Gasteiger partial charge in [-0.1, -0.05) is 29.8 Å². The summed E-state index contributed by atoms with van der Waals surface area (Å²) in [5.41, 5.74) is 4.60. The largest absolute Gasteiger partial charge is 0.497 e. The first-order valence-corrected chi connectivity index (χ1v) is 9.38. The number of aryl methyl sites for hydroxylation is 3. The Morgan fingerprint density at radius 3 is 2.52 bits per heavy atom. The van der Waals surface area contributed by atoms with Crippen molar-refractivity contribution in [3.8, 4) is 5.75 Å². The van der Waals surface area contributed by atoms with Gasteiger partial charge in [0, 0.05) is 17.4 Å². The van der Waals surface area contributed by atoms with Crippen molar-refractivity contribution < 1.29 is 4.74 Å². The summed E-state index contributed by atoms with van der Waals surface area (Å²) in [6, 6.07) is 15.2. The van der Waals surface area contributed by atoms with Crippen LogP contribution in [0.5, 0.6) is 5.75 Å². The molecule has 1 unspecified atom stereocenters. The molecule has 0 spiro atoms. The van der Waals surface area contributed by atoms with Crippen LogP contribution in [0.3, 0.4) is 0 Å². The average molecular weight is 389 g/mol. The lowest BCUT2D eigenvalue weighted by atomic mass is 10.1. The SMILES string of the molecule is COc1ccc(C2N=C(Nc3ccc(C)cc3C)Nc3nc(C)cc(=O)n32)cc1. The van der Waals surface area contributed by atoms with E-state index in [0.717, 1.165) is 22.6 Å². The van der Waals surface area contributed by atoms with Crippen LogP contribution in [0.25, 0.3) is 0 Å². The van der Waals surface area contributed by atoms with E-state index < -0.39 is 6.17 Å². The number of hydrogen-bond donors (Lipinski definition) is 2. The second-order valence-electron chi connectivity index (χ2n) is 7.12. The number of guanidine groups is 1. The first-order chi connectivity index (χ1) is 13.9. The monoisotopic (exact) mass is 389 g/mol. The zero-order valence-corrected chi connectivity index (χ0v) is 16.9. The van der Waals surface area contributed by atoms with Crippen molar-refractivity contribution in [3.63, 3.8) is 0 Å². The molecule has 2 aromatic carbocycles. The standard InChI is InChI=1S/C22H23N5O2/c1-13-5-10-18(14(2)11-13)24-21-25-20(16-6-8-17(29-4)9-7-16)27-19(28)12-15(3)23-22(27)26-21/h5-12,20H,1-4H3,(H2,23,24,25,26). The number of aromatic nitrogens is 2. The topological polar surface area (TPSA) is 80.5 Å². The molecule has 29 heavy (non-hydrogen) atoms. The number of benzene rings is 2. The molecule has 1 aliphatic heterocycles. The zero-order chi connectivity index (χ0) is 20.5. The zero-order valence-electron chi connectivity index (χ0n) is 16.9. The third-order valence-corrected chi connectivity index (χ3v) is 4.86. The molecule has 1 aliphatic rings. The van der Waals surface area contributed by atoms with Gasteiger partial charge in [-0.15, -0.1) is 0 Å². The van der Waals surface area contributed by atoms with Crippen molar-refractivity contribution in [1.82, 2.24) is 9.55 Å². The Hall–Kier alpha value is -3.61. The number of aliphatic imine (C=N–C) groups is 1. The van der Waals surface area contributed by atoms with Gasteiger partial charge in [-0.25, -0.2) is 9.98 Å². The van der Waals surface area contributed by atoms with Crippen molar-refractivity contribution in [2.24, 2.45) is 4.99 Å². The van der Waals surface area contributed by atoms with Crippen LogP contribution in [0.2, 0.25) is 0 Å². The molecule has 0 amide bonds. The van der Waals surface area contributed by atoms with E-state index >= 15 is 0 Å². The summed E-state index contributed by atoms with van der Waals surface area (Å²) in [5, 5.41) is 6.49. The minimum Gasteiger partial charge on any atom is -0.497 e. The van der Waals surface area contributed by atoms with Crippen molar-refractivity contribution in [2.45, 2.75) is 26.9 Å². The van der Waals surface area contributed by atoms with E-state index in [1.807, 2.05) is 43.3 Å². The number of nitrogens with zero attached hydrogens (tertiary/aromatic N) is 3. The van der Waals surface area contributed by atoms with Crippen LogP contribution in [0.4, 0.5) is 11.6 Å². The summed E-state index contributed by atoms with van der Waals surface area (Å²) in [6.45, 7) is 5.90. The van der Waals surface area contributed by atoms with E-state index in [9.17, 15) is 4.79 Å². The number of anilines is 2. The van der Waals surface area contributed by atoms with Crippen LogP contribution in [0.15, 0.2) is 58.3 Å². The second kappa shape index (κ2) is 7.43. The van der Waals surface area contributed by atoms with Gasteiger partial charge in [-0.2, -0.15) is 0 Å². The minimum atomic E-state index is -0.536. The van der Waals surface area contributed by atoms with Crippen molar-refractivity contribution in [3.05, 3.63) is 81.3 Å². The van der Waals surface area contributed by atoms with E-state index in [4.69, 9.17) is 9.73 Å². The molecular formula is C22H23N5O2. The van der Waals surface area contributed by atoms with Gasteiger partial charge < -0.3 is 10.1 Å². The maximum absolute atomic E-state index is 12.7. The van der Waals surface area contributed by atoms with Crippen LogP contribution >= 0.6 is 0 Å². The molecule has 3 aromatic rings. The first-order valence-electron chi connectivity index (χ1n) is 9.38. The van der Waals surface area contributed by atoms with Crippen LogP contribution in [0.1, 0.15) is 28.6 Å².